The molecule has 0 saturated carbocycles. The Bertz CT molecular complexity index is 647. The van der Waals surface area contributed by atoms with E-state index in [0.717, 1.165) is 18.2 Å². The van der Waals surface area contributed by atoms with Crippen LogP contribution in [0.4, 0.5) is 13.2 Å². The molecular formula is C16H19F3N2O5. The minimum Gasteiger partial charge on any atom is -0.482 e. The molecule has 10 heteroatoms. The van der Waals surface area contributed by atoms with E-state index in [2.05, 4.69) is 15.4 Å². The van der Waals surface area contributed by atoms with Crippen molar-refractivity contribution in [1.82, 2.24) is 10.6 Å². The highest BCUT2D eigenvalue weighted by Crippen LogP contribution is 2.31. The number of halogens is 3. The Morgan fingerprint density at radius 2 is 1.81 bits per heavy atom. The molecule has 0 aliphatic rings. The van der Waals surface area contributed by atoms with E-state index >= 15 is 0 Å². The lowest BCUT2D eigenvalue weighted by Crippen LogP contribution is -2.41. The molecule has 26 heavy (non-hydrogen) atoms. The van der Waals surface area contributed by atoms with Gasteiger partial charge in [-0.1, -0.05) is 6.07 Å². The first-order valence-corrected chi connectivity index (χ1v) is 7.59. The molecule has 1 aromatic carbocycles. The average Bonchev–Trinajstić information content (AvgIpc) is 2.55. The van der Waals surface area contributed by atoms with E-state index in [1.54, 1.807) is 13.8 Å². The molecule has 2 amide bonds. The topological polar surface area (TPSA) is 93.7 Å². The highest BCUT2D eigenvalue weighted by molar-refractivity contribution is 5.86. The fraction of sp³-hybridized carbons (Fsp3) is 0.438. The standard InChI is InChI=1S/C16H19F3N2O5/c1-10(2)21-13(22)7-20-14(23)8-26-15(24)9-25-12-5-3-4-11(6-12)16(17,18)19/h3-6,10H,7-9H2,1-2H3,(H,20,23)(H,21,22). The van der Waals surface area contributed by atoms with Crippen molar-refractivity contribution >= 4 is 17.8 Å². The minimum atomic E-state index is -4.53. The number of carbonyl (C=O) groups is 3. The van der Waals surface area contributed by atoms with E-state index in [9.17, 15) is 27.6 Å². The Morgan fingerprint density at radius 1 is 1.12 bits per heavy atom. The Morgan fingerprint density at radius 3 is 2.42 bits per heavy atom. The summed E-state index contributed by atoms with van der Waals surface area (Å²) in [6.07, 6.45) is -4.53. The molecule has 0 fully saturated rings. The van der Waals surface area contributed by atoms with Gasteiger partial charge in [-0.3, -0.25) is 9.59 Å². The van der Waals surface area contributed by atoms with Gasteiger partial charge in [-0.25, -0.2) is 4.79 Å². The number of rotatable bonds is 8. The molecule has 0 aliphatic heterocycles. The zero-order chi connectivity index (χ0) is 19.7. The maximum atomic E-state index is 12.6. The van der Waals surface area contributed by atoms with Crippen LogP contribution in [0.2, 0.25) is 0 Å². The molecule has 144 valence electrons. The molecule has 0 saturated heterocycles. The lowest BCUT2D eigenvalue weighted by molar-refractivity contribution is -0.150. The number of esters is 1. The second kappa shape index (κ2) is 9.64. The lowest BCUT2D eigenvalue weighted by Gasteiger charge is -2.11. The van der Waals surface area contributed by atoms with Crippen molar-refractivity contribution in [3.8, 4) is 5.75 Å². The summed E-state index contributed by atoms with van der Waals surface area (Å²) in [5, 5.41) is 4.80. The number of amides is 2. The molecule has 7 nitrogen and oxygen atoms in total. The van der Waals surface area contributed by atoms with Gasteiger partial charge in [0.1, 0.15) is 5.75 Å². The lowest BCUT2D eigenvalue weighted by atomic mass is 10.2. The Balaban J connectivity index is 2.32. The maximum absolute atomic E-state index is 12.6. The van der Waals surface area contributed by atoms with Gasteiger partial charge in [-0.2, -0.15) is 13.2 Å². The average molecular weight is 376 g/mol. The van der Waals surface area contributed by atoms with E-state index in [1.165, 1.54) is 6.07 Å². The maximum Gasteiger partial charge on any atom is 0.416 e. The number of ether oxygens (including phenoxy) is 2. The molecule has 0 heterocycles. The number of nitrogens with one attached hydrogen (secondary N) is 2. The van der Waals surface area contributed by atoms with Gasteiger partial charge in [0.15, 0.2) is 13.2 Å². The summed E-state index contributed by atoms with van der Waals surface area (Å²) in [5.74, 6) is -2.19. The van der Waals surface area contributed by atoms with Gasteiger partial charge in [0, 0.05) is 6.04 Å². The Labute approximate surface area is 147 Å². The van der Waals surface area contributed by atoms with Gasteiger partial charge in [0.25, 0.3) is 5.91 Å². The zero-order valence-electron chi connectivity index (χ0n) is 14.2. The van der Waals surface area contributed by atoms with Crippen LogP contribution in [0.15, 0.2) is 24.3 Å². The molecule has 2 N–H and O–H groups in total. The van der Waals surface area contributed by atoms with E-state index in [1.807, 2.05) is 0 Å². The number of alkyl halides is 3. The van der Waals surface area contributed by atoms with Gasteiger partial charge >= 0.3 is 12.1 Å². The van der Waals surface area contributed by atoms with Crippen LogP contribution in [0.3, 0.4) is 0 Å². The Kier molecular flexibility index (Phi) is 7.88. The van der Waals surface area contributed by atoms with E-state index in [0.29, 0.717) is 0 Å². The van der Waals surface area contributed by atoms with Crippen LogP contribution in [-0.2, 0) is 25.3 Å². The second-order valence-electron chi connectivity index (χ2n) is 5.47. The number of hydrogen-bond acceptors (Lipinski definition) is 5. The third kappa shape index (κ3) is 8.36. The quantitative estimate of drug-likeness (QED) is 0.667. The normalized spacial score (nSPS) is 11.0. The van der Waals surface area contributed by atoms with Gasteiger partial charge in [0.2, 0.25) is 5.91 Å². The van der Waals surface area contributed by atoms with Crippen LogP contribution in [0, 0.1) is 0 Å². The van der Waals surface area contributed by atoms with Crippen molar-refractivity contribution in [1.29, 1.82) is 0 Å². The van der Waals surface area contributed by atoms with Crippen molar-refractivity contribution < 1.29 is 37.0 Å². The van der Waals surface area contributed by atoms with Gasteiger partial charge in [-0.05, 0) is 32.0 Å². The monoisotopic (exact) mass is 376 g/mol. The first kappa shape index (κ1) is 21.3. The summed E-state index contributed by atoms with van der Waals surface area (Å²) >= 11 is 0. The molecule has 1 rings (SSSR count). The van der Waals surface area contributed by atoms with E-state index < -0.39 is 42.7 Å². The summed E-state index contributed by atoms with van der Waals surface area (Å²) in [4.78, 5) is 34.2. The molecule has 0 atom stereocenters. The SMILES string of the molecule is CC(C)NC(=O)CNC(=O)COC(=O)COc1cccc(C(F)(F)F)c1. The summed E-state index contributed by atoms with van der Waals surface area (Å²) in [6, 6.07) is 3.92. The highest BCUT2D eigenvalue weighted by atomic mass is 19.4. The molecule has 0 spiro atoms. The summed E-state index contributed by atoms with van der Waals surface area (Å²) in [6.45, 7) is 1.94. The van der Waals surface area contributed by atoms with Crippen molar-refractivity contribution in [3.63, 3.8) is 0 Å². The smallest absolute Gasteiger partial charge is 0.416 e. The van der Waals surface area contributed by atoms with Crippen LogP contribution in [-0.4, -0.2) is 43.6 Å². The van der Waals surface area contributed by atoms with Crippen molar-refractivity contribution in [2.75, 3.05) is 19.8 Å². The van der Waals surface area contributed by atoms with Gasteiger partial charge in [0.05, 0.1) is 12.1 Å². The molecule has 0 aromatic heterocycles. The van der Waals surface area contributed by atoms with Crippen LogP contribution in [0.5, 0.6) is 5.75 Å². The summed E-state index contributed by atoms with van der Waals surface area (Å²) in [5.41, 5.74) is -0.914. The Hall–Kier alpha value is -2.78. The fourth-order valence-corrected chi connectivity index (χ4v) is 1.70. The number of hydrogen-bond donors (Lipinski definition) is 2. The largest absolute Gasteiger partial charge is 0.482 e. The zero-order valence-corrected chi connectivity index (χ0v) is 14.2. The molecular weight excluding hydrogens is 357 g/mol. The third-order valence-electron chi connectivity index (χ3n) is 2.78. The van der Waals surface area contributed by atoms with Crippen LogP contribution >= 0.6 is 0 Å². The van der Waals surface area contributed by atoms with Crippen LogP contribution in [0.1, 0.15) is 19.4 Å². The first-order valence-electron chi connectivity index (χ1n) is 7.59. The number of carbonyl (C=O) groups excluding carboxylic acids is 3. The predicted molar refractivity (Wildman–Crippen MR) is 84.2 cm³/mol. The van der Waals surface area contributed by atoms with E-state index in [-0.39, 0.29) is 18.3 Å². The van der Waals surface area contributed by atoms with Crippen LogP contribution < -0.4 is 15.4 Å². The highest BCUT2D eigenvalue weighted by Gasteiger charge is 2.30. The summed E-state index contributed by atoms with van der Waals surface area (Å²) in [7, 11) is 0. The number of benzene rings is 1. The molecule has 0 bridgehead atoms. The minimum absolute atomic E-state index is 0.0785. The molecule has 0 unspecified atom stereocenters. The third-order valence-corrected chi connectivity index (χ3v) is 2.78. The van der Waals surface area contributed by atoms with Crippen LogP contribution in [0.25, 0.3) is 0 Å². The summed E-state index contributed by atoms with van der Waals surface area (Å²) < 4.78 is 47.2. The van der Waals surface area contributed by atoms with Gasteiger partial charge in [-0.15, -0.1) is 0 Å². The fourth-order valence-electron chi connectivity index (χ4n) is 1.70. The predicted octanol–water partition coefficient (Wildman–Crippen LogP) is 1.27. The van der Waals surface area contributed by atoms with Crippen molar-refractivity contribution in [2.24, 2.45) is 0 Å². The van der Waals surface area contributed by atoms with Crippen molar-refractivity contribution in [3.05, 3.63) is 29.8 Å². The second-order valence-corrected chi connectivity index (χ2v) is 5.47. The molecule has 0 aliphatic carbocycles. The van der Waals surface area contributed by atoms with Crippen molar-refractivity contribution in [2.45, 2.75) is 26.1 Å². The molecule has 1 aromatic rings. The van der Waals surface area contributed by atoms with Gasteiger partial charge < -0.3 is 20.1 Å². The molecule has 0 radical (unpaired) electrons. The van der Waals surface area contributed by atoms with E-state index in [4.69, 9.17) is 4.74 Å². The first-order chi connectivity index (χ1) is 12.1.